The Labute approximate surface area is 85.0 Å². The standard InChI is InChI=1S/C8H16NO4P/c1-4-5-6-12-14(11)13-8(3)7(2)9-10/h8H,4-6H2,1-3H3/p+1. The Hall–Kier alpha value is -0.510. The molecule has 1 N–H and O–H groups in total. The predicted molar refractivity (Wildman–Crippen MR) is 53.9 cm³/mol. The molecule has 0 rings (SSSR count). The van der Waals surface area contributed by atoms with Gasteiger partial charge in [-0.3, -0.25) is 0 Å². The van der Waals surface area contributed by atoms with Gasteiger partial charge in [-0.25, -0.2) is 0 Å². The summed E-state index contributed by atoms with van der Waals surface area (Å²) in [6.07, 6.45) is 1.34. The van der Waals surface area contributed by atoms with Crippen LogP contribution in [0.2, 0.25) is 0 Å². The summed E-state index contributed by atoms with van der Waals surface area (Å²) < 4.78 is 21.0. The zero-order valence-corrected chi connectivity index (χ0v) is 9.66. The third kappa shape index (κ3) is 6.02. The summed E-state index contributed by atoms with van der Waals surface area (Å²) in [5.41, 5.74) is 0.368. The van der Waals surface area contributed by atoms with Crippen LogP contribution >= 0.6 is 8.25 Å². The van der Waals surface area contributed by atoms with Crippen LogP contribution < -0.4 is 0 Å². The maximum atomic E-state index is 11.1. The summed E-state index contributed by atoms with van der Waals surface area (Å²) in [5, 5.41) is 11.4. The van der Waals surface area contributed by atoms with E-state index in [-0.39, 0.29) is 0 Å². The van der Waals surface area contributed by atoms with Crippen molar-refractivity contribution in [2.75, 3.05) is 6.61 Å². The Balaban J connectivity index is 3.71. The summed E-state index contributed by atoms with van der Waals surface area (Å²) >= 11 is 0. The highest BCUT2D eigenvalue weighted by Crippen LogP contribution is 2.26. The average molecular weight is 222 g/mol. The fraction of sp³-hybridized carbons (Fsp3) is 0.875. The van der Waals surface area contributed by atoms with Crippen LogP contribution in [0.3, 0.4) is 0 Å². The molecule has 0 bridgehead atoms. The third-order valence-corrected chi connectivity index (χ3v) is 2.57. The molecule has 0 aromatic rings. The lowest BCUT2D eigenvalue weighted by atomic mass is 10.3. The highest BCUT2D eigenvalue weighted by Gasteiger charge is 2.26. The first-order valence-electron chi connectivity index (χ1n) is 4.57. The fourth-order valence-corrected chi connectivity index (χ4v) is 1.35. The minimum absolute atomic E-state index is 0.368. The van der Waals surface area contributed by atoms with Crippen molar-refractivity contribution in [3.8, 4) is 0 Å². The van der Waals surface area contributed by atoms with Crippen LogP contribution in [0.25, 0.3) is 0 Å². The zero-order chi connectivity index (χ0) is 11.0. The number of oxime groups is 1. The fourth-order valence-electron chi connectivity index (χ4n) is 0.601. The molecular formula is C8H17NO4P+. The first-order chi connectivity index (χ1) is 6.61. The molecule has 5 nitrogen and oxygen atoms in total. The van der Waals surface area contributed by atoms with Crippen molar-refractivity contribution in [3.63, 3.8) is 0 Å². The number of unbranched alkanes of at least 4 members (excludes halogenated alkanes) is 1. The van der Waals surface area contributed by atoms with Crippen molar-refractivity contribution >= 4 is 14.0 Å². The van der Waals surface area contributed by atoms with E-state index < -0.39 is 14.4 Å². The van der Waals surface area contributed by atoms with Crippen LogP contribution in [0.15, 0.2) is 5.16 Å². The van der Waals surface area contributed by atoms with Crippen molar-refractivity contribution in [2.24, 2.45) is 5.16 Å². The minimum atomic E-state index is -2.11. The first kappa shape index (κ1) is 13.5. The van der Waals surface area contributed by atoms with E-state index >= 15 is 0 Å². The second-order valence-electron chi connectivity index (χ2n) is 2.90. The number of nitrogens with zero attached hydrogens (tertiary/aromatic N) is 1. The topological polar surface area (TPSA) is 68.1 Å². The Morgan fingerprint density at radius 1 is 1.64 bits per heavy atom. The second-order valence-corrected chi connectivity index (χ2v) is 3.82. The van der Waals surface area contributed by atoms with Crippen LogP contribution in [0.1, 0.15) is 33.6 Å². The molecule has 6 heteroatoms. The SMILES string of the molecule is CCCCO[P+](=O)OC(C)C(C)=NO. The van der Waals surface area contributed by atoms with Gasteiger partial charge in [-0.2, -0.15) is 0 Å². The van der Waals surface area contributed by atoms with Crippen LogP contribution in [0.5, 0.6) is 0 Å². The highest BCUT2D eigenvalue weighted by atomic mass is 31.1. The van der Waals surface area contributed by atoms with Gasteiger partial charge in [0.05, 0.1) is 5.71 Å². The minimum Gasteiger partial charge on any atom is -0.411 e. The molecule has 0 aromatic heterocycles. The molecule has 0 heterocycles. The van der Waals surface area contributed by atoms with Crippen molar-refractivity contribution in [2.45, 2.75) is 39.7 Å². The Morgan fingerprint density at radius 3 is 2.79 bits per heavy atom. The smallest absolute Gasteiger partial charge is 0.411 e. The van der Waals surface area contributed by atoms with E-state index in [1.165, 1.54) is 0 Å². The van der Waals surface area contributed by atoms with Crippen molar-refractivity contribution < 1.29 is 18.8 Å². The van der Waals surface area contributed by atoms with Gasteiger partial charge in [0.15, 0.2) is 6.10 Å². The van der Waals surface area contributed by atoms with Crippen LogP contribution in [0, 0.1) is 0 Å². The van der Waals surface area contributed by atoms with E-state index in [9.17, 15) is 4.57 Å². The summed E-state index contributed by atoms with van der Waals surface area (Å²) in [6, 6.07) is 0. The normalized spacial score (nSPS) is 15.4. The van der Waals surface area contributed by atoms with Crippen molar-refractivity contribution in [3.05, 3.63) is 0 Å². The molecule has 0 aliphatic rings. The lowest BCUT2D eigenvalue weighted by molar-refractivity contribution is 0.205. The zero-order valence-electron chi connectivity index (χ0n) is 8.77. The quantitative estimate of drug-likeness (QED) is 0.236. The number of rotatable bonds is 7. The monoisotopic (exact) mass is 222 g/mol. The first-order valence-corrected chi connectivity index (χ1v) is 5.66. The van der Waals surface area contributed by atoms with Gasteiger partial charge in [0.2, 0.25) is 0 Å². The maximum absolute atomic E-state index is 11.1. The molecule has 0 aliphatic heterocycles. The Morgan fingerprint density at radius 2 is 2.29 bits per heavy atom. The molecule has 0 fully saturated rings. The molecule has 0 aromatic carbocycles. The lowest BCUT2D eigenvalue weighted by Gasteiger charge is -2.00. The molecule has 2 unspecified atom stereocenters. The molecule has 0 saturated heterocycles. The van der Waals surface area contributed by atoms with Gasteiger partial charge in [-0.15, -0.1) is 9.05 Å². The Kier molecular flexibility index (Phi) is 7.57. The van der Waals surface area contributed by atoms with Gasteiger partial charge in [0.1, 0.15) is 6.61 Å². The Bertz CT molecular complexity index is 208. The lowest BCUT2D eigenvalue weighted by Crippen LogP contribution is -2.14. The van der Waals surface area contributed by atoms with Gasteiger partial charge in [-0.05, 0) is 20.3 Å². The molecule has 82 valence electrons. The molecule has 0 radical (unpaired) electrons. The predicted octanol–water partition coefficient (Wildman–Crippen LogP) is 2.72. The second kappa shape index (κ2) is 7.85. The van der Waals surface area contributed by atoms with E-state index in [2.05, 4.69) is 5.16 Å². The number of hydrogen-bond donors (Lipinski definition) is 1. The van der Waals surface area contributed by atoms with Gasteiger partial charge in [0, 0.05) is 4.57 Å². The molecule has 2 atom stereocenters. The van der Waals surface area contributed by atoms with Crippen molar-refractivity contribution in [1.82, 2.24) is 0 Å². The molecule has 0 aliphatic carbocycles. The molecule has 0 saturated carbocycles. The summed E-state index contributed by atoms with van der Waals surface area (Å²) in [7, 11) is -2.11. The van der Waals surface area contributed by atoms with E-state index in [0.717, 1.165) is 12.8 Å². The molecule has 0 amide bonds. The number of hydrogen-bond acceptors (Lipinski definition) is 5. The third-order valence-electron chi connectivity index (χ3n) is 1.68. The van der Waals surface area contributed by atoms with E-state index in [1.807, 2.05) is 6.92 Å². The van der Waals surface area contributed by atoms with Crippen LogP contribution in [-0.4, -0.2) is 23.6 Å². The van der Waals surface area contributed by atoms with Gasteiger partial charge in [0.25, 0.3) is 0 Å². The van der Waals surface area contributed by atoms with E-state index in [0.29, 0.717) is 12.3 Å². The summed E-state index contributed by atoms with van der Waals surface area (Å²) in [4.78, 5) is 0. The van der Waals surface area contributed by atoms with Crippen LogP contribution in [0.4, 0.5) is 0 Å². The summed E-state index contributed by atoms with van der Waals surface area (Å²) in [6.45, 7) is 5.67. The van der Waals surface area contributed by atoms with Gasteiger partial charge >= 0.3 is 8.25 Å². The molecule has 14 heavy (non-hydrogen) atoms. The van der Waals surface area contributed by atoms with E-state index in [4.69, 9.17) is 14.3 Å². The molecular weight excluding hydrogens is 205 g/mol. The van der Waals surface area contributed by atoms with Crippen molar-refractivity contribution in [1.29, 1.82) is 0 Å². The van der Waals surface area contributed by atoms with Gasteiger partial charge in [-0.1, -0.05) is 18.5 Å². The van der Waals surface area contributed by atoms with Crippen LogP contribution in [-0.2, 0) is 13.6 Å². The average Bonchev–Trinajstić information content (AvgIpc) is 2.16. The largest absolute Gasteiger partial charge is 0.698 e. The molecule has 0 spiro atoms. The van der Waals surface area contributed by atoms with Gasteiger partial charge < -0.3 is 5.21 Å². The van der Waals surface area contributed by atoms with E-state index in [1.54, 1.807) is 13.8 Å². The summed E-state index contributed by atoms with van der Waals surface area (Å²) in [5.74, 6) is 0. The highest BCUT2D eigenvalue weighted by molar-refractivity contribution is 7.33. The maximum Gasteiger partial charge on any atom is 0.698 e.